The Bertz CT molecular complexity index is 449. The smallest absolute Gasteiger partial charge is 0.387 e. The number of hydrogen-bond acceptors (Lipinski definition) is 2. The van der Waals surface area contributed by atoms with E-state index in [1.54, 1.807) is 0 Å². The molecule has 1 unspecified atom stereocenters. The van der Waals surface area contributed by atoms with Gasteiger partial charge in [-0.3, -0.25) is 0 Å². The predicted octanol–water partition coefficient (Wildman–Crippen LogP) is 3.82. The molecule has 0 saturated heterocycles. The number of halogens is 3. The van der Waals surface area contributed by atoms with Crippen LogP contribution in [-0.4, -0.2) is 15.8 Å². The van der Waals surface area contributed by atoms with E-state index in [2.05, 4.69) is 0 Å². The molecule has 1 saturated carbocycles. The van der Waals surface area contributed by atoms with Gasteiger partial charge in [-0.15, -0.1) is 0 Å². The minimum Gasteiger partial charge on any atom is -0.387 e. The van der Waals surface area contributed by atoms with Gasteiger partial charge in [-0.1, -0.05) is 37.8 Å². The largest absolute Gasteiger partial charge is 0.416 e. The second kappa shape index (κ2) is 5.74. The van der Waals surface area contributed by atoms with Crippen molar-refractivity contribution in [1.82, 2.24) is 0 Å². The first-order valence-corrected chi connectivity index (χ1v) is 6.90. The number of hydrogen-bond donors (Lipinski definition) is 2. The van der Waals surface area contributed by atoms with Crippen LogP contribution in [0.15, 0.2) is 24.3 Å². The molecule has 0 amide bonds. The van der Waals surface area contributed by atoms with Crippen molar-refractivity contribution >= 4 is 0 Å². The van der Waals surface area contributed by atoms with Crippen LogP contribution in [0.1, 0.15) is 55.8 Å². The van der Waals surface area contributed by atoms with Gasteiger partial charge in [0.15, 0.2) is 0 Å². The molecule has 0 radical (unpaired) electrons. The van der Waals surface area contributed by atoms with Crippen LogP contribution in [0.2, 0.25) is 0 Å². The molecule has 5 heteroatoms. The molecular weight excluding hydrogens is 269 g/mol. The zero-order chi connectivity index (χ0) is 14.8. The molecule has 20 heavy (non-hydrogen) atoms. The molecule has 1 fully saturated rings. The third-order valence-corrected chi connectivity index (χ3v) is 4.01. The molecule has 2 N–H and O–H groups in total. The molecule has 1 aromatic rings. The highest BCUT2D eigenvalue weighted by atomic mass is 19.4. The highest BCUT2D eigenvalue weighted by Crippen LogP contribution is 2.39. The first-order chi connectivity index (χ1) is 9.33. The van der Waals surface area contributed by atoms with Gasteiger partial charge in [-0.25, -0.2) is 0 Å². The minimum atomic E-state index is -4.44. The predicted molar refractivity (Wildman–Crippen MR) is 69.1 cm³/mol. The molecule has 0 aromatic heterocycles. The number of rotatable bonds is 2. The summed E-state index contributed by atoms with van der Waals surface area (Å²) in [7, 11) is 0. The maximum atomic E-state index is 12.7. The summed E-state index contributed by atoms with van der Waals surface area (Å²) in [6.45, 7) is 0. The van der Waals surface area contributed by atoms with Crippen LogP contribution in [-0.2, 0) is 6.18 Å². The molecule has 2 nitrogen and oxygen atoms in total. The Hall–Kier alpha value is -1.07. The number of aliphatic hydroxyl groups excluding tert-OH is 1. The van der Waals surface area contributed by atoms with E-state index in [1.165, 1.54) is 12.1 Å². The van der Waals surface area contributed by atoms with Gasteiger partial charge < -0.3 is 10.2 Å². The van der Waals surface area contributed by atoms with E-state index in [-0.39, 0.29) is 5.56 Å². The quantitative estimate of drug-likeness (QED) is 0.812. The number of aliphatic hydroxyl groups is 2. The first kappa shape index (κ1) is 15.3. The summed E-state index contributed by atoms with van der Waals surface area (Å²) in [5, 5.41) is 20.8. The zero-order valence-electron chi connectivity index (χ0n) is 11.2. The Labute approximate surface area is 116 Å². The first-order valence-electron chi connectivity index (χ1n) is 6.90. The standard InChI is InChI=1S/C15H19F3O2/c16-15(17,18)12-7-5-6-11(10-12)13(19)14(20)8-3-1-2-4-9-14/h5-7,10,13,19-20H,1-4,8-9H2. The second-order valence-corrected chi connectivity index (χ2v) is 5.54. The van der Waals surface area contributed by atoms with Crippen LogP contribution in [0.25, 0.3) is 0 Å². The zero-order valence-corrected chi connectivity index (χ0v) is 11.2. The van der Waals surface area contributed by atoms with Crippen LogP contribution < -0.4 is 0 Å². The van der Waals surface area contributed by atoms with Crippen molar-refractivity contribution in [3.05, 3.63) is 35.4 Å². The van der Waals surface area contributed by atoms with Crippen molar-refractivity contribution < 1.29 is 23.4 Å². The summed E-state index contributed by atoms with van der Waals surface area (Å²) < 4.78 is 38.1. The van der Waals surface area contributed by atoms with E-state index in [9.17, 15) is 23.4 Å². The minimum absolute atomic E-state index is 0.129. The highest BCUT2D eigenvalue weighted by Gasteiger charge is 2.38. The molecule has 1 aromatic carbocycles. The van der Waals surface area contributed by atoms with Crippen LogP contribution in [0.4, 0.5) is 13.2 Å². The van der Waals surface area contributed by atoms with Crippen LogP contribution in [0.3, 0.4) is 0 Å². The van der Waals surface area contributed by atoms with Gasteiger partial charge in [0, 0.05) is 0 Å². The van der Waals surface area contributed by atoms with Crippen LogP contribution in [0.5, 0.6) is 0 Å². The molecule has 112 valence electrons. The Morgan fingerprint density at radius 1 is 1.05 bits per heavy atom. The van der Waals surface area contributed by atoms with Gasteiger partial charge >= 0.3 is 6.18 Å². The third-order valence-electron chi connectivity index (χ3n) is 4.01. The average Bonchev–Trinajstić information content (AvgIpc) is 2.63. The van der Waals surface area contributed by atoms with Gasteiger partial charge in [-0.2, -0.15) is 13.2 Å². The van der Waals surface area contributed by atoms with Gasteiger partial charge in [-0.05, 0) is 30.5 Å². The maximum Gasteiger partial charge on any atom is 0.416 e. The highest BCUT2D eigenvalue weighted by molar-refractivity contribution is 5.28. The number of alkyl halides is 3. The molecule has 0 heterocycles. The monoisotopic (exact) mass is 288 g/mol. The van der Waals surface area contributed by atoms with E-state index in [4.69, 9.17) is 0 Å². The van der Waals surface area contributed by atoms with Gasteiger partial charge in [0.2, 0.25) is 0 Å². The lowest BCUT2D eigenvalue weighted by atomic mass is 9.84. The molecular formula is C15H19F3O2. The van der Waals surface area contributed by atoms with Crippen LogP contribution >= 0.6 is 0 Å². The molecule has 1 aliphatic rings. The van der Waals surface area contributed by atoms with Gasteiger partial charge in [0.05, 0.1) is 11.2 Å². The van der Waals surface area contributed by atoms with Gasteiger partial charge in [0.1, 0.15) is 6.10 Å². The fourth-order valence-corrected chi connectivity index (χ4v) is 2.81. The Morgan fingerprint density at radius 3 is 2.20 bits per heavy atom. The molecule has 0 bridgehead atoms. The summed E-state index contributed by atoms with van der Waals surface area (Å²) in [5.74, 6) is 0. The van der Waals surface area contributed by atoms with Crippen molar-refractivity contribution in [1.29, 1.82) is 0 Å². The molecule has 0 aliphatic heterocycles. The third kappa shape index (κ3) is 3.33. The van der Waals surface area contributed by atoms with Crippen molar-refractivity contribution in [2.45, 2.75) is 56.4 Å². The topological polar surface area (TPSA) is 40.5 Å². The van der Waals surface area contributed by atoms with Crippen molar-refractivity contribution in [3.8, 4) is 0 Å². The fourth-order valence-electron chi connectivity index (χ4n) is 2.81. The molecule has 1 aliphatic carbocycles. The van der Waals surface area contributed by atoms with Gasteiger partial charge in [0.25, 0.3) is 0 Å². The van der Waals surface area contributed by atoms with E-state index in [0.717, 1.165) is 37.8 Å². The number of benzene rings is 1. The lowest BCUT2D eigenvalue weighted by Gasteiger charge is -2.32. The maximum absolute atomic E-state index is 12.7. The summed E-state index contributed by atoms with van der Waals surface area (Å²) >= 11 is 0. The van der Waals surface area contributed by atoms with Crippen molar-refractivity contribution in [3.63, 3.8) is 0 Å². The average molecular weight is 288 g/mol. The van der Waals surface area contributed by atoms with Crippen molar-refractivity contribution in [2.75, 3.05) is 0 Å². The van der Waals surface area contributed by atoms with Crippen molar-refractivity contribution in [2.24, 2.45) is 0 Å². The van der Waals surface area contributed by atoms with E-state index >= 15 is 0 Å². The Morgan fingerprint density at radius 2 is 1.65 bits per heavy atom. The summed E-state index contributed by atoms with van der Waals surface area (Å²) in [4.78, 5) is 0. The normalized spacial score (nSPS) is 21.2. The molecule has 1 atom stereocenters. The Kier molecular flexibility index (Phi) is 4.39. The molecule has 2 rings (SSSR count). The lowest BCUT2D eigenvalue weighted by Crippen LogP contribution is -2.35. The molecule has 0 spiro atoms. The summed E-state index contributed by atoms with van der Waals surface area (Å²) in [6.07, 6.45) is -1.34. The fraction of sp³-hybridized carbons (Fsp3) is 0.600. The summed E-state index contributed by atoms with van der Waals surface area (Å²) in [5.41, 5.74) is -1.99. The van der Waals surface area contributed by atoms with E-state index in [0.29, 0.717) is 12.8 Å². The van der Waals surface area contributed by atoms with Crippen LogP contribution in [0, 0.1) is 0 Å². The van der Waals surface area contributed by atoms with E-state index < -0.39 is 23.4 Å². The summed E-state index contributed by atoms with van der Waals surface area (Å²) in [6, 6.07) is 4.59. The lowest BCUT2D eigenvalue weighted by molar-refractivity contribution is -0.138. The van der Waals surface area contributed by atoms with E-state index in [1.807, 2.05) is 0 Å². The second-order valence-electron chi connectivity index (χ2n) is 5.54. The SMILES string of the molecule is OC(c1cccc(C(F)(F)F)c1)C1(O)CCCCCC1. The Balaban J connectivity index is 2.26.